The van der Waals surface area contributed by atoms with Crippen LogP contribution in [0.4, 0.5) is 5.69 Å². The Hall–Kier alpha value is -2.89. The zero-order valence-corrected chi connectivity index (χ0v) is 14.0. The highest BCUT2D eigenvalue weighted by molar-refractivity contribution is 5.98. The molecule has 0 aliphatic rings. The van der Waals surface area contributed by atoms with Crippen molar-refractivity contribution in [2.45, 2.75) is 13.8 Å². The Morgan fingerprint density at radius 3 is 2.46 bits per heavy atom. The molecule has 0 atom stereocenters. The minimum Gasteiger partial charge on any atom is -0.491 e. The van der Waals surface area contributed by atoms with Gasteiger partial charge in [-0.25, -0.2) is 0 Å². The third-order valence-electron chi connectivity index (χ3n) is 3.78. The predicted molar refractivity (Wildman–Crippen MR) is 91.5 cm³/mol. The number of carbonyl (C=O) groups excluding carboxylic acids is 1. The summed E-state index contributed by atoms with van der Waals surface area (Å²) in [5, 5.41) is 11.2. The minimum atomic E-state index is -0.514. The average Bonchev–Trinajstić information content (AvgIpc) is 2.55. The number of hydrogen-bond acceptors (Lipinski definition) is 4. The number of amides is 1. The minimum absolute atomic E-state index is 0.0957. The molecule has 0 radical (unpaired) electrons. The van der Waals surface area contributed by atoms with Gasteiger partial charge in [0, 0.05) is 12.6 Å². The number of benzene rings is 2. The highest BCUT2D eigenvalue weighted by Gasteiger charge is 2.24. The van der Waals surface area contributed by atoms with Crippen LogP contribution < -0.4 is 4.74 Å². The van der Waals surface area contributed by atoms with Gasteiger partial charge >= 0.3 is 0 Å². The zero-order valence-electron chi connectivity index (χ0n) is 14.0. The van der Waals surface area contributed by atoms with Crippen molar-refractivity contribution in [1.82, 2.24) is 4.90 Å². The monoisotopic (exact) mass is 328 g/mol. The molecule has 0 aromatic heterocycles. The van der Waals surface area contributed by atoms with Gasteiger partial charge in [-0.3, -0.25) is 14.9 Å². The number of carbonyl (C=O) groups is 1. The number of nitrogens with zero attached hydrogens (tertiary/aromatic N) is 2. The molecule has 1 amide bonds. The van der Waals surface area contributed by atoms with Gasteiger partial charge in [-0.15, -0.1) is 0 Å². The lowest BCUT2D eigenvalue weighted by atomic mass is 10.1. The van der Waals surface area contributed by atoms with Crippen molar-refractivity contribution in [3.63, 3.8) is 0 Å². The molecule has 0 saturated heterocycles. The van der Waals surface area contributed by atoms with Crippen molar-refractivity contribution in [1.29, 1.82) is 0 Å². The van der Waals surface area contributed by atoms with Crippen LogP contribution in [0.5, 0.6) is 5.75 Å². The van der Waals surface area contributed by atoms with Crippen molar-refractivity contribution in [2.75, 3.05) is 20.2 Å². The van der Waals surface area contributed by atoms with E-state index in [4.69, 9.17) is 4.74 Å². The van der Waals surface area contributed by atoms with Gasteiger partial charge in [0.2, 0.25) is 0 Å². The maximum atomic E-state index is 12.5. The van der Waals surface area contributed by atoms with Crippen LogP contribution in [0.25, 0.3) is 0 Å². The van der Waals surface area contributed by atoms with Crippen molar-refractivity contribution in [2.24, 2.45) is 0 Å². The van der Waals surface area contributed by atoms with E-state index in [9.17, 15) is 14.9 Å². The van der Waals surface area contributed by atoms with Crippen LogP contribution in [0.1, 0.15) is 21.5 Å². The summed E-state index contributed by atoms with van der Waals surface area (Å²) in [6, 6.07) is 12.4. The average molecular weight is 328 g/mol. The number of para-hydroxylation sites is 2. The van der Waals surface area contributed by atoms with E-state index in [0.29, 0.717) is 18.7 Å². The van der Waals surface area contributed by atoms with Crippen LogP contribution in [0.3, 0.4) is 0 Å². The first-order chi connectivity index (χ1) is 11.4. The third kappa shape index (κ3) is 3.90. The quantitative estimate of drug-likeness (QED) is 0.602. The molecule has 0 spiro atoms. The number of ether oxygens (including phenoxy) is 1. The van der Waals surface area contributed by atoms with E-state index >= 15 is 0 Å². The van der Waals surface area contributed by atoms with Gasteiger partial charge in [0.1, 0.15) is 17.9 Å². The molecule has 24 heavy (non-hydrogen) atoms. The number of likely N-dealkylation sites (N-methyl/N-ethyl adjacent to an activating group) is 1. The van der Waals surface area contributed by atoms with Gasteiger partial charge in [0.25, 0.3) is 11.6 Å². The maximum absolute atomic E-state index is 12.5. The fraction of sp³-hybridized carbons (Fsp3) is 0.278. The summed E-state index contributed by atoms with van der Waals surface area (Å²) in [6.07, 6.45) is 0. The number of aryl methyl sites for hydroxylation is 2. The summed E-state index contributed by atoms with van der Waals surface area (Å²) >= 11 is 0. The van der Waals surface area contributed by atoms with Gasteiger partial charge in [-0.2, -0.15) is 0 Å². The molecule has 0 saturated carbocycles. The van der Waals surface area contributed by atoms with Crippen LogP contribution in [0.2, 0.25) is 0 Å². The van der Waals surface area contributed by atoms with Crippen molar-refractivity contribution in [3.05, 3.63) is 69.3 Å². The van der Waals surface area contributed by atoms with Crippen molar-refractivity contribution in [3.8, 4) is 5.75 Å². The Balaban J connectivity index is 2.04. The van der Waals surface area contributed by atoms with Gasteiger partial charge in [-0.05, 0) is 31.5 Å². The van der Waals surface area contributed by atoms with Crippen molar-refractivity contribution >= 4 is 11.6 Å². The van der Waals surface area contributed by atoms with Crippen LogP contribution in [0, 0.1) is 24.0 Å². The van der Waals surface area contributed by atoms with E-state index in [0.717, 1.165) is 11.3 Å². The molecule has 2 rings (SSSR count). The van der Waals surface area contributed by atoms with Gasteiger partial charge in [0.15, 0.2) is 0 Å². The number of nitro groups is 1. The molecule has 2 aromatic carbocycles. The second-order valence-electron chi connectivity index (χ2n) is 5.57. The van der Waals surface area contributed by atoms with Gasteiger partial charge in [-0.1, -0.05) is 30.3 Å². The molecule has 0 fully saturated rings. The second-order valence-corrected chi connectivity index (χ2v) is 5.57. The summed E-state index contributed by atoms with van der Waals surface area (Å²) in [5.41, 5.74) is 1.43. The molecule has 2 aromatic rings. The molecule has 0 bridgehead atoms. The molecule has 6 heteroatoms. The summed E-state index contributed by atoms with van der Waals surface area (Å²) in [4.78, 5) is 24.6. The Kier molecular flexibility index (Phi) is 5.52. The highest BCUT2D eigenvalue weighted by Crippen LogP contribution is 2.24. The van der Waals surface area contributed by atoms with Gasteiger partial charge in [0.05, 0.1) is 11.5 Å². The largest absolute Gasteiger partial charge is 0.491 e. The molecular formula is C18H20N2O4. The summed E-state index contributed by atoms with van der Waals surface area (Å²) < 4.78 is 5.67. The fourth-order valence-electron chi connectivity index (χ4n) is 2.39. The third-order valence-corrected chi connectivity index (χ3v) is 3.78. The van der Waals surface area contributed by atoms with E-state index in [1.165, 1.54) is 11.0 Å². The van der Waals surface area contributed by atoms with E-state index in [2.05, 4.69) is 0 Å². The summed E-state index contributed by atoms with van der Waals surface area (Å²) in [7, 11) is 1.61. The molecule has 0 heterocycles. The normalized spacial score (nSPS) is 10.3. The zero-order chi connectivity index (χ0) is 17.7. The number of nitro benzene ring substituents is 1. The summed E-state index contributed by atoms with van der Waals surface area (Å²) in [5.74, 6) is 0.374. The van der Waals surface area contributed by atoms with E-state index in [-0.39, 0.29) is 11.3 Å². The maximum Gasteiger partial charge on any atom is 0.285 e. The SMILES string of the molecule is Cc1ccccc1OCCN(C)C(=O)c1cccc(C)c1[N+](=O)[O-]. The fourth-order valence-corrected chi connectivity index (χ4v) is 2.39. The Labute approximate surface area is 140 Å². The predicted octanol–water partition coefficient (Wildman–Crippen LogP) is 3.36. The summed E-state index contributed by atoms with van der Waals surface area (Å²) in [6.45, 7) is 4.21. The Morgan fingerprint density at radius 1 is 1.12 bits per heavy atom. The van der Waals surface area contributed by atoms with E-state index < -0.39 is 10.8 Å². The lowest BCUT2D eigenvalue weighted by Crippen LogP contribution is -2.31. The van der Waals surface area contributed by atoms with Crippen molar-refractivity contribution < 1.29 is 14.5 Å². The molecule has 0 unspecified atom stereocenters. The number of rotatable bonds is 6. The highest BCUT2D eigenvalue weighted by atomic mass is 16.6. The van der Waals surface area contributed by atoms with Crippen LogP contribution in [-0.4, -0.2) is 35.9 Å². The Morgan fingerprint density at radius 2 is 1.79 bits per heavy atom. The lowest BCUT2D eigenvalue weighted by molar-refractivity contribution is -0.385. The second kappa shape index (κ2) is 7.59. The lowest BCUT2D eigenvalue weighted by Gasteiger charge is -2.18. The molecule has 0 aliphatic heterocycles. The van der Waals surface area contributed by atoms with Crippen LogP contribution in [0.15, 0.2) is 42.5 Å². The molecular weight excluding hydrogens is 308 g/mol. The smallest absolute Gasteiger partial charge is 0.285 e. The topological polar surface area (TPSA) is 72.7 Å². The molecule has 0 N–H and O–H groups in total. The first kappa shape index (κ1) is 17.5. The van der Waals surface area contributed by atoms with Crippen LogP contribution >= 0.6 is 0 Å². The first-order valence-electron chi connectivity index (χ1n) is 7.59. The van der Waals surface area contributed by atoms with E-state index in [1.54, 1.807) is 26.1 Å². The molecule has 6 nitrogen and oxygen atoms in total. The molecule has 0 aliphatic carbocycles. The molecule has 126 valence electrons. The first-order valence-corrected chi connectivity index (χ1v) is 7.59. The van der Waals surface area contributed by atoms with E-state index in [1.807, 2.05) is 31.2 Å². The Bertz CT molecular complexity index is 758. The van der Waals surface area contributed by atoms with Gasteiger partial charge < -0.3 is 9.64 Å². The standard InChI is InChI=1S/C18H20N2O4/c1-13-7-4-5-10-16(13)24-12-11-19(3)18(21)15-9-6-8-14(2)17(15)20(22)23/h4-10H,11-12H2,1-3H3. The number of hydrogen-bond donors (Lipinski definition) is 0. The van der Waals surface area contributed by atoms with Crippen LogP contribution in [-0.2, 0) is 0 Å².